The second-order valence-electron chi connectivity index (χ2n) is 3.37. The molecule has 0 aliphatic carbocycles. The average Bonchev–Trinajstić information content (AvgIpc) is 2.67. The predicted molar refractivity (Wildman–Crippen MR) is 52.3 cm³/mol. The van der Waals surface area contributed by atoms with Gasteiger partial charge in [-0.15, -0.1) is 0 Å². The molecule has 0 fully saturated rings. The molecule has 3 N–H and O–H groups in total. The van der Waals surface area contributed by atoms with Gasteiger partial charge >= 0.3 is 0 Å². The number of nitrogens with one attached hydrogen (secondary N) is 1. The number of aromatic amines is 1. The van der Waals surface area contributed by atoms with Crippen LogP contribution in [0.3, 0.4) is 0 Å². The molecule has 2 rings (SSSR count). The molecule has 0 spiro atoms. The lowest BCUT2D eigenvalue weighted by Crippen LogP contribution is -2.30. The number of carbonyl (C=O) groups excluding carboxylic acids is 2. The van der Waals surface area contributed by atoms with Crippen molar-refractivity contribution in [3.8, 4) is 0 Å². The number of amides is 2. The molecule has 78 valence electrons. The van der Waals surface area contributed by atoms with Crippen LogP contribution in [0.4, 0.5) is 5.82 Å². The maximum atomic E-state index is 11.5. The van der Waals surface area contributed by atoms with Crippen molar-refractivity contribution in [2.24, 2.45) is 0 Å². The van der Waals surface area contributed by atoms with E-state index in [1.165, 1.54) is 12.3 Å². The Labute approximate surface area is 85.7 Å². The van der Waals surface area contributed by atoms with Crippen molar-refractivity contribution in [1.29, 1.82) is 0 Å². The summed E-state index contributed by atoms with van der Waals surface area (Å²) in [4.78, 5) is 24.0. The highest BCUT2D eigenvalue weighted by Crippen LogP contribution is 2.17. The first-order valence-electron chi connectivity index (χ1n) is 4.41. The molecule has 2 amide bonds. The van der Waals surface area contributed by atoms with E-state index in [2.05, 4.69) is 10.2 Å². The molecule has 1 aromatic heterocycles. The van der Waals surface area contributed by atoms with Gasteiger partial charge in [0.05, 0.1) is 12.7 Å². The molecule has 0 saturated carbocycles. The number of carbonyl (C=O) groups is 2. The van der Waals surface area contributed by atoms with Crippen molar-refractivity contribution in [1.82, 2.24) is 15.1 Å². The SMILES string of the molecule is CC1=CC(=O)N(Cc2cn[nH]c2N)C1=O. The molecule has 6 heteroatoms. The number of nitrogens with zero attached hydrogens (tertiary/aromatic N) is 2. The molecule has 1 aliphatic rings. The Balaban J connectivity index is 2.19. The molecular weight excluding hydrogens is 196 g/mol. The zero-order valence-electron chi connectivity index (χ0n) is 8.15. The molecule has 0 unspecified atom stereocenters. The van der Waals surface area contributed by atoms with Crippen LogP contribution in [0.5, 0.6) is 0 Å². The number of aromatic nitrogens is 2. The van der Waals surface area contributed by atoms with Crippen molar-refractivity contribution in [2.45, 2.75) is 13.5 Å². The average molecular weight is 206 g/mol. The highest BCUT2D eigenvalue weighted by Gasteiger charge is 2.28. The minimum atomic E-state index is -0.307. The van der Waals surface area contributed by atoms with E-state index in [0.717, 1.165) is 4.90 Å². The molecule has 0 atom stereocenters. The summed E-state index contributed by atoms with van der Waals surface area (Å²) < 4.78 is 0. The van der Waals surface area contributed by atoms with E-state index in [-0.39, 0.29) is 18.4 Å². The van der Waals surface area contributed by atoms with Crippen LogP contribution >= 0.6 is 0 Å². The molecule has 0 saturated heterocycles. The van der Waals surface area contributed by atoms with Crippen LogP contribution in [-0.4, -0.2) is 26.9 Å². The maximum Gasteiger partial charge on any atom is 0.256 e. The number of anilines is 1. The van der Waals surface area contributed by atoms with E-state index in [0.29, 0.717) is 17.0 Å². The fraction of sp³-hybridized carbons (Fsp3) is 0.222. The molecule has 6 nitrogen and oxygen atoms in total. The van der Waals surface area contributed by atoms with Gasteiger partial charge in [-0.3, -0.25) is 19.6 Å². The Hall–Kier alpha value is -2.11. The van der Waals surface area contributed by atoms with Crippen LogP contribution in [0.25, 0.3) is 0 Å². The molecular formula is C9H10N4O2. The first kappa shape index (κ1) is 9.45. The van der Waals surface area contributed by atoms with Gasteiger partial charge in [-0.25, -0.2) is 0 Å². The summed E-state index contributed by atoms with van der Waals surface area (Å²) in [5.74, 6) is -0.209. The lowest BCUT2D eigenvalue weighted by atomic mass is 10.3. The Morgan fingerprint density at radius 3 is 2.73 bits per heavy atom. The summed E-state index contributed by atoms with van der Waals surface area (Å²) in [6.45, 7) is 1.77. The molecule has 1 aromatic rings. The van der Waals surface area contributed by atoms with Crippen LogP contribution in [0.2, 0.25) is 0 Å². The second kappa shape index (κ2) is 3.23. The van der Waals surface area contributed by atoms with Crippen molar-refractivity contribution >= 4 is 17.6 Å². The van der Waals surface area contributed by atoms with Crippen LogP contribution < -0.4 is 5.73 Å². The first-order valence-corrected chi connectivity index (χ1v) is 4.41. The summed E-state index contributed by atoms with van der Waals surface area (Å²) in [6, 6.07) is 0. The minimum Gasteiger partial charge on any atom is -0.384 e. The van der Waals surface area contributed by atoms with Crippen molar-refractivity contribution < 1.29 is 9.59 Å². The number of rotatable bonds is 2. The smallest absolute Gasteiger partial charge is 0.256 e. The van der Waals surface area contributed by atoms with E-state index < -0.39 is 0 Å². The first-order chi connectivity index (χ1) is 7.09. The van der Waals surface area contributed by atoms with Crippen molar-refractivity contribution in [3.63, 3.8) is 0 Å². The van der Waals surface area contributed by atoms with E-state index in [4.69, 9.17) is 5.73 Å². The van der Waals surface area contributed by atoms with Gasteiger partial charge in [-0.1, -0.05) is 0 Å². The monoisotopic (exact) mass is 206 g/mol. The van der Waals surface area contributed by atoms with Crippen LogP contribution in [-0.2, 0) is 16.1 Å². The van der Waals surface area contributed by atoms with Gasteiger partial charge in [-0.05, 0) is 6.92 Å². The van der Waals surface area contributed by atoms with Gasteiger partial charge in [0.25, 0.3) is 11.8 Å². The normalized spacial score (nSPS) is 16.1. The van der Waals surface area contributed by atoms with E-state index in [9.17, 15) is 9.59 Å². The van der Waals surface area contributed by atoms with Gasteiger partial charge < -0.3 is 5.73 Å². The van der Waals surface area contributed by atoms with E-state index >= 15 is 0 Å². The Bertz CT molecular complexity index is 460. The minimum absolute atomic E-state index is 0.161. The standard InChI is InChI=1S/C9H10N4O2/c1-5-2-7(14)13(9(5)15)4-6-3-11-12-8(6)10/h2-3H,4H2,1H3,(H3,10,11,12). The van der Waals surface area contributed by atoms with Crippen molar-refractivity contribution in [2.75, 3.05) is 5.73 Å². The molecule has 0 radical (unpaired) electrons. The number of nitrogens with two attached hydrogens (primary N) is 1. The Morgan fingerprint density at radius 1 is 1.53 bits per heavy atom. The van der Waals surface area contributed by atoms with Gasteiger partial charge in [0.1, 0.15) is 5.82 Å². The topological polar surface area (TPSA) is 92.1 Å². The Morgan fingerprint density at radius 2 is 2.27 bits per heavy atom. The largest absolute Gasteiger partial charge is 0.384 e. The molecule has 0 bridgehead atoms. The molecule has 2 heterocycles. The third kappa shape index (κ3) is 1.50. The summed E-state index contributed by atoms with van der Waals surface area (Å²) in [5, 5.41) is 6.26. The predicted octanol–water partition coefficient (Wildman–Crippen LogP) is -0.193. The number of hydrogen-bond donors (Lipinski definition) is 2. The van der Waals surface area contributed by atoms with Crippen LogP contribution in [0.15, 0.2) is 17.8 Å². The van der Waals surface area contributed by atoms with Gasteiger partial charge in [-0.2, -0.15) is 5.10 Å². The molecule has 1 aliphatic heterocycles. The number of nitrogen functional groups attached to an aromatic ring is 1. The number of hydrogen-bond acceptors (Lipinski definition) is 4. The lowest BCUT2D eigenvalue weighted by molar-refractivity contribution is -0.137. The quantitative estimate of drug-likeness (QED) is 0.656. The van der Waals surface area contributed by atoms with Crippen LogP contribution in [0, 0.1) is 0 Å². The van der Waals surface area contributed by atoms with Crippen molar-refractivity contribution in [3.05, 3.63) is 23.4 Å². The van der Waals surface area contributed by atoms with Gasteiger partial charge in [0.15, 0.2) is 0 Å². The third-order valence-electron chi connectivity index (χ3n) is 2.27. The summed E-state index contributed by atoms with van der Waals surface area (Å²) >= 11 is 0. The van der Waals surface area contributed by atoms with E-state index in [1.54, 1.807) is 6.92 Å². The zero-order valence-corrected chi connectivity index (χ0v) is 8.15. The highest BCUT2D eigenvalue weighted by atomic mass is 16.2. The highest BCUT2D eigenvalue weighted by molar-refractivity contribution is 6.15. The van der Waals surface area contributed by atoms with Crippen LogP contribution in [0.1, 0.15) is 12.5 Å². The summed E-state index contributed by atoms with van der Waals surface area (Å²) in [7, 11) is 0. The zero-order chi connectivity index (χ0) is 11.0. The fourth-order valence-corrected chi connectivity index (χ4v) is 1.40. The fourth-order valence-electron chi connectivity index (χ4n) is 1.40. The number of H-pyrrole nitrogens is 1. The van der Waals surface area contributed by atoms with E-state index in [1.807, 2.05) is 0 Å². The lowest BCUT2D eigenvalue weighted by Gasteiger charge is -2.13. The van der Waals surface area contributed by atoms with Gasteiger partial charge in [0.2, 0.25) is 0 Å². The molecule has 0 aromatic carbocycles. The second-order valence-corrected chi connectivity index (χ2v) is 3.37. The summed E-state index contributed by atoms with van der Waals surface area (Å²) in [6.07, 6.45) is 2.82. The van der Waals surface area contributed by atoms with Gasteiger partial charge in [0, 0.05) is 17.2 Å². The molecule has 15 heavy (non-hydrogen) atoms. The summed E-state index contributed by atoms with van der Waals surface area (Å²) in [5.41, 5.74) is 6.64. The number of imide groups is 1. The third-order valence-corrected chi connectivity index (χ3v) is 2.27. The maximum absolute atomic E-state index is 11.5. The Kier molecular flexibility index (Phi) is 2.03.